The lowest BCUT2D eigenvalue weighted by molar-refractivity contribution is 0.199. The van der Waals surface area contributed by atoms with Gasteiger partial charge in [-0.2, -0.15) is 0 Å². The number of nitrogens with zero attached hydrogens (tertiary/aromatic N) is 1. The normalized spacial score (nSPS) is 13.5. The predicted molar refractivity (Wildman–Crippen MR) is 49.6 cm³/mol. The first-order valence-electron chi connectivity index (χ1n) is 4.03. The maximum absolute atomic E-state index is 8.96. The first kappa shape index (κ1) is 8.94. The first-order chi connectivity index (χ1) is 5.79. The molecule has 64 valence electrons. The molecular weight excluding hydrogens is 150 g/mol. The van der Waals surface area contributed by atoms with Crippen molar-refractivity contribution in [2.75, 3.05) is 0 Å². The Morgan fingerprint density at radius 2 is 2.50 bits per heavy atom. The van der Waals surface area contributed by atoms with Crippen LogP contribution in [0.3, 0.4) is 0 Å². The minimum atomic E-state index is -0.266. The van der Waals surface area contributed by atoms with Gasteiger partial charge in [-0.25, -0.2) is 0 Å². The number of rotatable bonds is 3. The molecular formula is C10H13NO. The fourth-order valence-electron chi connectivity index (χ4n) is 0.876. The molecule has 0 spiro atoms. The molecule has 0 bridgehead atoms. The largest absolute Gasteiger partial charge is 0.393 e. The average Bonchev–Trinajstić information content (AvgIpc) is 2.05. The lowest BCUT2D eigenvalue weighted by atomic mass is 10.2. The Balaban J connectivity index is 2.47. The van der Waals surface area contributed by atoms with Crippen LogP contribution in [0.25, 0.3) is 6.08 Å². The molecule has 0 aliphatic carbocycles. The number of hydrogen-bond donors (Lipinski definition) is 1. The minimum absolute atomic E-state index is 0.266. The first-order valence-corrected chi connectivity index (χ1v) is 4.03. The summed E-state index contributed by atoms with van der Waals surface area (Å²) < 4.78 is 0. The van der Waals surface area contributed by atoms with E-state index in [-0.39, 0.29) is 6.10 Å². The van der Waals surface area contributed by atoms with Crippen LogP contribution in [-0.2, 0) is 0 Å². The summed E-state index contributed by atoms with van der Waals surface area (Å²) in [5.74, 6) is 0. The molecule has 0 unspecified atom stereocenters. The maximum Gasteiger partial charge on any atom is 0.0546 e. The van der Waals surface area contributed by atoms with Crippen molar-refractivity contribution in [1.82, 2.24) is 4.98 Å². The van der Waals surface area contributed by atoms with Gasteiger partial charge in [-0.15, -0.1) is 0 Å². The maximum atomic E-state index is 8.96. The van der Waals surface area contributed by atoms with Crippen molar-refractivity contribution in [2.24, 2.45) is 0 Å². The van der Waals surface area contributed by atoms with Crippen molar-refractivity contribution in [2.45, 2.75) is 19.4 Å². The van der Waals surface area contributed by atoms with Gasteiger partial charge in [0.05, 0.1) is 6.10 Å². The van der Waals surface area contributed by atoms with Crippen molar-refractivity contribution in [1.29, 1.82) is 0 Å². The van der Waals surface area contributed by atoms with Gasteiger partial charge in [0.25, 0.3) is 0 Å². The van der Waals surface area contributed by atoms with Crippen LogP contribution in [-0.4, -0.2) is 16.2 Å². The van der Waals surface area contributed by atoms with E-state index in [0.29, 0.717) is 6.42 Å². The third-order valence-electron chi connectivity index (χ3n) is 1.47. The number of aliphatic hydroxyl groups is 1. The summed E-state index contributed by atoms with van der Waals surface area (Å²) in [5.41, 5.74) is 1.07. The van der Waals surface area contributed by atoms with Gasteiger partial charge in [-0.3, -0.25) is 4.98 Å². The topological polar surface area (TPSA) is 33.1 Å². The molecule has 0 amide bonds. The van der Waals surface area contributed by atoms with Crippen molar-refractivity contribution < 1.29 is 5.11 Å². The highest BCUT2D eigenvalue weighted by atomic mass is 16.3. The van der Waals surface area contributed by atoms with Gasteiger partial charge in [0.15, 0.2) is 0 Å². The molecule has 2 nitrogen and oxygen atoms in total. The summed E-state index contributed by atoms with van der Waals surface area (Å²) in [6.45, 7) is 1.77. The zero-order chi connectivity index (χ0) is 8.81. The smallest absolute Gasteiger partial charge is 0.0546 e. The second-order valence-electron chi connectivity index (χ2n) is 2.77. The monoisotopic (exact) mass is 163 g/mol. The zero-order valence-electron chi connectivity index (χ0n) is 7.14. The van der Waals surface area contributed by atoms with Crippen LogP contribution in [0.2, 0.25) is 0 Å². The number of aromatic nitrogens is 1. The molecule has 0 radical (unpaired) electrons. The van der Waals surface area contributed by atoms with Crippen LogP contribution < -0.4 is 0 Å². The standard InChI is InChI=1S/C10H13NO/c1-9(12)4-2-5-10-6-3-7-11-8-10/h2-3,5-9,12H,4H2,1H3/t9-/m1/s1. The predicted octanol–water partition coefficient (Wildman–Crippen LogP) is 1.87. The van der Waals surface area contributed by atoms with Gasteiger partial charge >= 0.3 is 0 Å². The van der Waals surface area contributed by atoms with Crippen LogP contribution in [0.5, 0.6) is 0 Å². The summed E-state index contributed by atoms with van der Waals surface area (Å²) in [7, 11) is 0. The Morgan fingerprint density at radius 1 is 1.67 bits per heavy atom. The molecule has 1 atom stereocenters. The van der Waals surface area contributed by atoms with E-state index in [1.54, 1.807) is 19.3 Å². The van der Waals surface area contributed by atoms with Gasteiger partial charge in [-0.1, -0.05) is 18.2 Å². The van der Waals surface area contributed by atoms with E-state index in [1.165, 1.54) is 0 Å². The highest BCUT2D eigenvalue weighted by Crippen LogP contribution is 2.00. The summed E-state index contributed by atoms with van der Waals surface area (Å²) in [6.07, 6.45) is 7.86. The molecule has 0 saturated carbocycles. The Bertz CT molecular complexity index is 241. The summed E-state index contributed by atoms with van der Waals surface area (Å²) in [5, 5.41) is 8.96. The molecule has 2 heteroatoms. The van der Waals surface area contributed by atoms with Crippen LogP contribution >= 0.6 is 0 Å². The third-order valence-corrected chi connectivity index (χ3v) is 1.47. The summed E-state index contributed by atoms with van der Waals surface area (Å²) in [4.78, 5) is 3.97. The molecule has 0 fully saturated rings. The highest BCUT2D eigenvalue weighted by Gasteiger charge is 1.89. The second-order valence-corrected chi connectivity index (χ2v) is 2.77. The molecule has 1 rings (SSSR count). The quantitative estimate of drug-likeness (QED) is 0.737. The number of hydrogen-bond acceptors (Lipinski definition) is 2. The fraction of sp³-hybridized carbons (Fsp3) is 0.300. The fourth-order valence-corrected chi connectivity index (χ4v) is 0.876. The highest BCUT2D eigenvalue weighted by molar-refractivity contribution is 5.47. The van der Waals surface area contributed by atoms with Crippen LogP contribution in [0, 0.1) is 0 Å². The van der Waals surface area contributed by atoms with Gasteiger partial charge in [0, 0.05) is 12.4 Å². The van der Waals surface area contributed by atoms with E-state index in [2.05, 4.69) is 4.98 Å². The molecule has 12 heavy (non-hydrogen) atoms. The summed E-state index contributed by atoms with van der Waals surface area (Å²) in [6, 6.07) is 3.87. The van der Waals surface area contributed by atoms with Gasteiger partial charge in [0.1, 0.15) is 0 Å². The van der Waals surface area contributed by atoms with E-state index >= 15 is 0 Å². The van der Waals surface area contributed by atoms with Crippen LogP contribution in [0.1, 0.15) is 18.9 Å². The Hall–Kier alpha value is -1.15. The SMILES string of the molecule is C[C@@H](O)CC=Cc1cccnc1. The molecule has 1 N–H and O–H groups in total. The molecule has 0 saturated heterocycles. The minimum Gasteiger partial charge on any atom is -0.393 e. The van der Waals surface area contributed by atoms with Crippen LogP contribution in [0.4, 0.5) is 0 Å². The van der Waals surface area contributed by atoms with Gasteiger partial charge < -0.3 is 5.11 Å². The van der Waals surface area contributed by atoms with Gasteiger partial charge in [-0.05, 0) is 25.0 Å². The van der Waals surface area contributed by atoms with Crippen molar-refractivity contribution in [3.63, 3.8) is 0 Å². The molecule has 1 aromatic rings. The van der Waals surface area contributed by atoms with E-state index in [1.807, 2.05) is 24.3 Å². The number of pyridine rings is 1. The lowest BCUT2D eigenvalue weighted by Crippen LogP contribution is -1.95. The lowest BCUT2D eigenvalue weighted by Gasteiger charge is -1.96. The van der Waals surface area contributed by atoms with E-state index in [4.69, 9.17) is 5.11 Å². The molecule has 0 aromatic carbocycles. The molecule has 1 aromatic heterocycles. The number of aliphatic hydroxyl groups excluding tert-OH is 1. The Morgan fingerprint density at radius 3 is 3.08 bits per heavy atom. The van der Waals surface area contributed by atoms with Crippen molar-refractivity contribution in [3.05, 3.63) is 36.2 Å². The van der Waals surface area contributed by atoms with E-state index in [0.717, 1.165) is 5.56 Å². The Labute approximate surface area is 72.6 Å². The molecule has 0 aliphatic rings. The Kier molecular flexibility index (Phi) is 3.48. The third kappa shape index (κ3) is 3.30. The zero-order valence-corrected chi connectivity index (χ0v) is 7.14. The van der Waals surface area contributed by atoms with Crippen molar-refractivity contribution >= 4 is 6.08 Å². The average molecular weight is 163 g/mol. The second kappa shape index (κ2) is 4.67. The van der Waals surface area contributed by atoms with E-state index in [9.17, 15) is 0 Å². The van der Waals surface area contributed by atoms with Gasteiger partial charge in [0.2, 0.25) is 0 Å². The molecule has 0 aliphatic heterocycles. The molecule has 1 heterocycles. The van der Waals surface area contributed by atoms with E-state index < -0.39 is 0 Å². The van der Waals surface area contributed by atoms with Crippen molar-refractivity contribution in [3.8, 4) is 0 Å². The van der Waals surface area contributed by atoms with Crippen LogP contribution in [0.15, 0.2) is 30.6 Å². The summed E-state index contributed by atoms with van der Waals surface area (Å²) >= 11 is 0.